The third-order valence-corrected chi connectivity index (χ3v) is 4.28. The normalized spacial score (nSPS) is 11.0. The van der Waals surface area contributed by atoms with Gasteiger partial charge in [0.25, 0.3) is 0 Å². The van der Waals surface area contributed by atoms with E-state index in [0.717, 1.165) is 16.9 Å². The zero-order valence-electron chi connectivity index (χ0n) is 19.9. The number of nitrogens with zero attached hydrogens (tertiary/aromatic N) is 4. The average Bonchev–Trinajstić information content (AvgIpc) is 3.33. The summed E-state index contributed by atoms with van der Waals surface area (Å²) in [6, 6.07) is 7.68. The van der Waals surface area contributed by atoms with E-state index in [9.17, 15) is 4.79 Å². The molecule has 0 aliphatic carbocycles. The summed E-state index contributed by atoms with van der Waals surface area (Å²) in [5.74, 6) is 4.97. The molecule has 1 heterocycles. The molecule has 0 aliphatic heterocycles. The fourth-order valence-electron chi connectivity index (χ4n) is 2.58. The molecule has 0 spiro atoms. The Hall–Kier alpha value is -3.14. The van der Waals surface area contributed by atoms with Gasteiger partial charge in [-0.2, -0.15) is 0 Å². The maximum Gasteiger partial charge on any atom is 0.305 e. The van der Waals surface area contributed by atoms with Crippen LogP contribution in [0.3, 0.4) is 0 Å². The number of aliphatic carboxylic acids is 1. The second-order valence-electron chi connectivity index (χ2n) is 7.00. The maximum atomic E-state index is 10.3. The second kappa shape index (κ2) is 18.2. The number of aliphatic imine (C=N–C) groups is 1. The average molecular weight is 489 g/mol. The van der Waals surface area contributed by atoms with E-state index in [0.29, 0.717) is 59.5 Å². The number of carbonyl (C=O) groups is 1. The van der Waals surface area contributed by atoms with E-state index >= 15 is 0 Å². The molecule has 190 valence electrons. The van der Waals surface area contributed by atoms with Crippen molar-refractivity contribution in [2.24, 2.45) is 4.99 Å². The lowest BCUT2D eigenvalue weighted by atomic mass is 10.2. The summed E-state index contributed by atoms with van der Waals surface area (Å²) in [7, 11) is 1.68. The Balaban J connectivity index is 1.44. The van der Waals surface area contributed by atoms with Gasteiger partial charge in [-0.1, -0.05) is 11.1 Å². The van der Waals surface area contributed by atoms with Gasteiger partial charge in [-0.15, -0.1) is 5.10 Å². The highest BCUT2D eigenvalue weighted by atomic mass is 16.6. The minimum Gasteiger partial charge on any atom is -0.481 e. The van der Waals surface area contributed by atoms with Crippen molar-refractivity contribution < 1.29 is 33.6 Å². The van der Waals surface area contributed by atoms with Crippen molar-refractivity contribution in [2.45, 2.75) is 13.0 Å². The largest absolute Gasteiger partial charge is 0.481 e. The first-order valence-corrected chi connectivity index (χ1v) is 11.2. The number of carboxylic acid groups (broad SMARTS) is 1. The third-order valence-electron chi connectivity index (χ3n) is 4.28. The van der Waals surface area contributed by atoms with Crippen LogP contribution in [-0.4, -0.2) is 98.8 Å². The highest BCUT2D eigenvalue weighted by Gasteiger charge is 2.03. The fourth-order valence-corrected chi connectivity index (χ4v) is 2.58. The fraction of sp³-hybridized carbons (Fsp3) is 0.500. The number of ether oxygens (including phenoxy) is 5. The van der Waals surface area contributed by atoms with Crippen molar-refractivity contribution in [2.75, 3.05) is 66.5 Å². The van der Waals surface area contributed by atoms with Gasteiger partial charge in [-0.3, -0.25) is 9.79 Å². The summed E-state index contributed by atoms with van der Waals surface area (Å²) in [6.07, 6.45) is 3.38. The Bertz CT molecular complexity index is 935. The lowest BCUT2D eigenvalue weighted by Crippen LogP contribution is -2.13. The summed E-state index contributed by atoms with van der Waals surface area (Å²) >= 11 is 0. The van der Waals surface area contributed by atoms with Crippen LogP contribution in [0.5, 0.6) is 0 Å². The van der Waals surface area contributed by atoms with Crippen LogP contribution in [0.15, 0.2) is 35.5 Å². The molecule has 0 saturated heterocycles. The van der Waals surface area contributed by atoms with Crippen molar-refractivity contribution in [3.63, 3.8) is 0 Å². The first-order chi connectivity index (χ1) is 17.2. The number of aromatic nitrogens is 3. The summed E-state index contributed by atoms with van der Waals surface area (Å²) in [4.78, 5) is 14.1. The molecule has 0 unspecified atom stereocenters. The van der Waals surface area contributed by atoms with Crippen LogP contribution in [0, 0.1) is 11.8 Å². The van der Waals surface area contributed by atoms with Gasteiger partial charge in [0, 0.05) is 12.6 Å². The molecule has 0 radical (unpaired) electrons. The second-order valence-corrected chi connectivity index (χ2v) is 7.00. The quantitative estimate of drug-likeness (QED) is 0.188. The van der Waals surface area contributed by atoms with Gasteiger partial charge in [0.1, 0.15) is 5.69 Å². The Morgan fingerprint density at radius 3 is 2.09 bits per heavy atom. The van der Waals surface area contributed by atoms with Gasteiger partial charge < -0.3 is 28.8 Å². The summed E-state index contributed by atoms with van der Waals surface area (Å²) < 4.78 is 28.6. The minimum atomic E-state index is -0.874. The number of hydrogen-bond donors (Lipinski definition) is 1. The molecule has 0 fully saturated rings. The highest BCUT2D eigenvalue weighted by molar-refractivity contribution is 5.79. The maximum absolute atomic E-state index is 10.3. The Labute approximate surface area is 205 Å². The number of benzene rings is 1. The Kier molecular flexibility index (Phi) is 14.6. The van der Waals surface area contributed by atoms with Crippen LogP contribution in [0.2, 0.25) is 0 Å². The van der Waals surface area contributed by atoms with Crippen LogP contribution >= 0.6 is 0 Å². The predicted molar refractivity (Wildman–Crippen MR) is 128 cm³/mol. The first-order valence-electron chi connectivity index (χ1n) is 11.2. The van der Waals surface area contributed by atoms with E-state index in [1.165, 1.54) is 0 Å². The molecule has 35 heavy (non-hydrogen) atoms. The van der Waals surface area contributed by atoms with Gasteiger partial charge in [0.05, 0.1) is 90.6 Å². The topological polar surface area (TPSA) is 127 Å². The Morgan fingerprint density at radius 1 is 0.943 bits per heavy atom. The van der Waals surface area contributed by atoms with E-state index < -0.39 is 5.97 Å². The molecule has 11 nitrogen and oxygen atoms in total. The molecule has 11 heteroatoms. The van der Waals surface area contributed by atoms with Crippen LogP contribution in [0.1, 0.15) is 17.7 Å². The molecule has 2 rings (SSSR count). The highest BCUT2D eigenvalue weighted by Crippen LogP contribution is 2.09. The van der Waals surface area contributed by atoms with E-state index in [-0.39, 0.29) is 13.0 Å². The predicted octanol–water partition coefficient (Wildman–Crippen LogP) is 1.38. The van der Waals surface area contributed by atoms with Crippen LogP contribution in [0.25, 0.3) is 5.69 Å². The van der Waals surface area contributed by atoms with Gasteiger partial charge in [-0.25, -0.2) is 4.68 Å². The van der Waals surface area contributed by atoms with E-state index in [4.69, 9.17) is 28.8 Å². The van der Waals surface area contributed by atoms with E-state index in [1.54, 1.807) is 17.9 Å². The molecular formula is C24H32N4O7. The molecular weight excluding hydrogens is 456 g/mol. The monoisotopic (exact) mass is 488 g/mol. The molecule has 0 saturated carbocycles. The molecule has 0 atom stereocenters. The molecule has 0 bridgehead atoms. The molecule has 0 aliphatic rings. The zero-order chi connectivity index (χ0) is 25.0. The van der Waals surface area contributed by atoms with Gasteiger partial charge in [-0.05, 0) is 30.2 Å². The standard InChI is InChI=1S/C24H32N4O7/c1-25-9-2-3-21-4-6-23(7-5-21)28-19-22(26-27-28)20-35-18-17-34-16-15-33-14-13-32-12-11-31-10-8-24(29)30/h4-7,9,19H,8,10-18,20H2,1H3,(H,29,30). The number of rotatable bonds is 18. The first kappa shape index (κ1) is 28.1. The van der Waals surface area contributed by atoms with Crippen molar-refractivity contribution in [1.82, 2.24) is 15.0 Å². The molecule has 1 aromatic carbocycles. The number of carboxylic acids is 1. The van der Waals surface area contributed by atoms with Crippen molar-refractivity contribution in [3.05, 3.63) is 41.7 Å². The number of hydrogen-bond acceptors (Lipinski definition) is 9. The van der Waals surface area contributed by atoms with Crippen LogP contribution < -0.4 is 0 Å². The van der Waals surface area contributed by atoms with Crippen LogP contribution in [-0.2, 0) is 35.1 Å². The SMILES string of the molecule is CN=CC#Cc1ccc(-n2cc(COCCOCCOCCOCCOCCC(=O)O)nn2)cc1. The van der Waals surface area contributed by atoms with Crippen molar-refractivity contribution in [1.29, 1.82) is 0 Å². The Morgan fingerprint density at radius 2 is 1.51 bits per heavy atom. The molecule has 0 amide bonds. The molecule has 1 N–H and O–H groups in total. The molecule has 1 aromatic heterocycles. The van der Waals surface area contributed by atoms with Crippen LogP contribution in [0.4, 0.5) is 0 Å². The minimum absolute atomic E-state index is 0.00215. The van der Waals surface area contributed by atoms with Gasteiger partial charge >= 0.3 is 5.97 Å². The molecule has 2 aromatic rings. The summed E-state index contributed by atoms with van der Waals surface area (Å²) in [5, 5.41) is 16.7. The summed E-state index contributed by atoms with van der Waals surface area (Å²) in [5.41, 5.74) is 2.51. The van der Waals surface area contributed by atoms with Crippen molar-refractivity contribution in [3.8, 4) is 17.5 Å². The van der Waals surface area contributed by atoms with Crippen molar-refractivity contribution >= 4 is 12.2 Å². The lowest BCUT2D eigenvalue weighted by molar-refractivity contribution is -0.138. The smallest absolute Gasteiger partial charge is 0.305 e. The lowest BCUT2D eigenvalue weighted by Gasteiger charge is -2.07. The summed E-state index contributed by atoms with van der Waals surface area (Å²) in [6.45, 7) is 4.01. The van der Waals surface area contributed by atoms with Gasteiger partial charge in [0.2, 0.25) is 0 Å². The third kappa shape index (κ3) is 13.4. The van der Waals surface area contributed by atoms with E-state index in [2.05, 4.69) is 27.1 Å². The van der Waals surface area contributed by atoms with Gasteiger partial charge in [0.15, 0.2) is 0 Å². The zero-order valence-corrected chi connectivity index (χ0v) is 19.9. The van der Waals surface area contributed by atoms with E-state index in [1.807, 2.05) is 30.5 Å².